The minimum Gasteiger partial charge on any atom is -0.370 e. The van der Waals surface area contributed by atoms with E-state index in [1.807, 2.05) is 20.8 Å². The molecule has 5 heteroatoms. The predicted molar refractivity (Wildman–Crippen MR) is 65.1 cm³/mol. The van der Waals surface area contributed by atoms with E-state index < -0.39 is 0 Å². The molecule has 0 spiro atoms. The van der Waals surface area contributed by atoms with Crippen molar-refractivity contribution in [3.63, 3.8) is 0 Å². The average Bonchev–Trinajstić information content (AvgIpc) is 2.91. The van der Waals surface area contributed by atoms with Crippen LogP contribution in [-0.4, -0.2) is 30.5 Å². The maximum Gasteiger partial charge on any atom is 0.223 e. The first kappa shape index (κ1) is 12.8. The molecular formula is C11H22N4O. The van der Waals surface area contributed by atoms with Gasteiger partial charge in [0, 0.05) is 18.0 Å². The molecule has 4 N–H and O–H groups in total. The monoisotopic (exact) mass is 226 g/mol. The lowest BCUT2D eigenvalue weighted by molar-refractivity contribution is -0.122. The van der Waals surface area contributed by atoms with Crippen LogP contribution in [0.3, 0.4) is 0 Å². The Balaban J connectivity index is 2.12. The molecule has 1 rings (SSSR count). The van der Waals surface area contributed by atoms with Crippen LogP contribution in [0.15, 0.2) is 4.99 Å². The molecular weight excluding hydrogens is 204 g/mol. The van der Waals surface area contributed by atoms with Crippen molar-refractivity contribution >= 4 is 11.9 Å². The van der Waals surface area contributed by atoms with Crippen LogP contribution in [-0.2, 0) is 4.79 Å². The van der Waals surface area contributed by atoms with Gasteiger partial charge in [0.05, 0.1) is 6.54 Å². The summed E-state index contributed by atoms with van der Waals surface area (Å²) in [7, 11) is 0. The van der Waals surface area contributed by atoms with E-state index in [2.05, 4.69) is 15.6 Å². The Bertz CT molecular complexity index is 276. The summed E-state index contributed by atoms with van der Waals surface area (Å²) in [4.78, 5) is 15.4. The van der Waals surface area contributed by atoms with Crippen LogP contribution in [0, 0.1) is 5.92 Å². The minimum absolute atomic E-state index is 0.0785. The van der Waals surface area contributed by atoms with Crippen molar-refractivity contribution in [1.82, 2.24) is 10.6 Å². The molecule has 0 atom stereocenters. The lowest BCUT2D eigenvalue weighted by atomic mass is 10.1. The Kier molecular flexibility index (Phi) is 4.15. The number of amides is 1. The number of nitrogens with two attached hydrogens (primary N) is 1. The van der Waals surface area contributed by atoms with E-state index in [1.54, 1.807) is 0 Å². The van der Waals surface area contributed by atoms with Crippen LogP contribution in [0.5, 0.6) is 0 Å². The van der Waals surface area contributed by atoms with Gasteiger partial charge in [-0.15, -0.1) is 0 Å². The van der Waals surface area contributed by atoms with Gasteiger partial charge in [-0.25, -0.2) is 0 Å². The second kappa shape index (κ2) is 5.18. The van der Waals surface area contributed by atoms with Gasteiger partial charge in [-0.1, -0.05) is 0 Å². The van der Waals surface area contributed by atoms with Gasteiger partial charge in [-0.05, 0) is 33.6 Å². The molecule has 0 aromatic rings. The van der Waals surface area contributed by atoms with Crippen LogP contribution in [0.2, 0.25) is 0 Å². The summed E-state index contributed by atoms with van der Waals surface area (Å²) in [5, 5.41) is 5.89. The highest BCUT2D eigenvalue weighted by molar-refractivity contribution is 5.81. The number of nitrogens with one attached hydrogen (secondary N) is 2. The number of nitrogens with zero attached hydrogens (tertiary/aromatic N) is 1. The van der Waals surface area contributed by atoms with Crippen LogP contribution >= 0.6 is 0 Å². The van der Waals surface area contributed by atoms with Crippen LogP contribution in [0.25, 0.3) is 0 Å². The van der Waals surface area contributed by atoms with E-state index in [0.29, 0.717) is 19.0 Å². The first-order valence-electron chi connectivity index (χ1n) is 5.74. The molecule has 0 heterocycles. The fourth-order valence-electron chi connectivity index (χ4n) is 1.27. The fourth-order valence-corrected chi connectivity index (χ4v) is 1.27. The zero-order valence-corrected chi connectivity index (χ0v) is 10.3. The van der Waals surface area contributed by atoms with Crippen molar-refractivity contribution in [2.45, 2.75) is 39.2 Å². The van der Waals surface area contributed by atoms with E-state index in [4.69, 9.17) is 5.73 Å². The molecule has 1 fully saturated rings. The van der Waals surface area contributed by atoms with E-state index in [1.165, 1.54) is 0 Å². The number of hydrogen-bond donors (Lipinski definition) is 3. The molecule has 0 bridgehead atoms. The van der Waals surface area contributed by atoms with Crippen LogP contribution in [0.1, 0.15) is 33.6 Å². The van der Waals surface area contributed by atoms with Crippen molar-refractivity contribution in [1.29, 1.82) is 0 Å². The number of carbonyl (C=O) groups is 1. The number of hydrogen-bond acceptors (Lipinski definition) is 2. The molecule has 16 heavy (non-hydrogen) atoms. The lowest BCUT2D eigenvalue weighted by Crippen LogP contribution is -2.45. The average molecular weight is 226 g/mol. The van der Waals surface area contributed by atoms with Crippen LogP contribution < -0.4 is 16.4 Å². The van der Waals surface area contributed by atoms with Crippen molar-refractivity contribution in [3.05, 3.63) is 0 Å². The summed E-state index contributed by atoms with van der Waals surface area (Å²) in [5.74, 6) is 0.833. The van der Waals surface area contributed by atoms with E-state index in [-0.39, 0.29) is 17.4 Å². The molecule has 1 aliphatic carbocycles. The zero-order valence-electron chi connectivity index (χ0n) is 10.3. The Morgan fingerprint density at radius 1 is 1.44 bits per heavy atom. The number of carbonyl (C=O) groups excluding carboxylic acids is 1. The zero-order chi connectivity index (χ0) is 12.2. The normalized spacial score (nSPS) is 17.1. The maximum atomic E-state index is 11.3. The molecule has 0 aliphatic heterocycles. The van der Waals surface area contributed by atoms with Gasteiger partial charge in [0.15, 0.2) is 5.96 Å². The largest absolute Gasteiger partial charge is 0.370 e. The molecule has 0 saturated heterocycles. The maximum absolute atomic E-state index is 11.3. The Morgan fingerprint density at radius 3 is 2.56 bits per heavy atom. The predicted octanol–water partition coefficient (Wildman–Crippen LogP) is 0.215. The second-order valence-corrected chi connectivity index (χ2v) is 5.21. The molecule has 1 aliphatic rings. The van der Waals surface area contributed by atoms with E-state index >= 15 is 0 Å². The summed E-state index contributed by atoms with van der Waals surface area (Å²) in [6, 6.07) is 0. The lowest BCUT2D eigenvalue weighted by Gasteiger charge is -2.20. The standard InChI is InChI=1S/C11H22N4O/c1-11(2,3)15-10(12)14-7-6-13-9(16)8-4-5-8/h8H,4-7H2,1-3H3,(H,13,16)(H3,12,14,15). The van der Waals surface area contributed by atoms with Crippen LogP contribution in [0.4, 0.5) is 0 Å². The first-order valence-corrected chi connectivity index (χ1v) is 5.74. The highest BCUT2D eigenvalue weighted by Crippen LogP contribution is 2.28. The number of guanidine groups is 1. The smallest absolute Gasteiger partial charge is 0.223 e. The third-order valence-corrected chi connectivity index (χ3v) is 2.14. The second-order valence-electron chi connectivity index (χ2n) is 5.21. The molecule has 5 nitrogen and oxygen atoms in total. The van der Waals surface area contributed by atoms with Gasteiger partial charge in [-0.2, -0.15) is 0 Å². The van der Waals surface area contributed by atoms with Crippen molar-refractivity contribution < 1.29 is 4.79 Å². The third kappa shape index (κ3) is 5.58. The van der Waals surface area contributed by atoms with Crippen molar-refractivity contribution in [3.8, 4) is 0 Å². The Labute approximate surface area is 96.9 Å². The van der Waals surface area contributed by atoms with Gasteiger partial charge in [0.2, 0.25) is 5.91 Å². The SMILES string of the molecule is CC(C)(C)NC(N)=NCCNC(=O)C1CC1. The Hall–Kier alpha value is -1.26. The fraction of sp³-hybridized carbons (Fsp3) is 0.818. The van der Waals surface area contributed by atoms with Gasteiger partial charge >= 0.3 is 0 Å². The van der Waals surface area contributed by atoms with Crippen molar-refractivity contribution in [2.24, 2.45) is 16.6 Å². The minimum atomic E-state index is -0.0785. The highest BCUT2D eigenvalue weighted by atomic mass is 16.2. The summed E-state index contributed by atoms with van der Waals surface area (Å²) in [5.41, 5.74) is 5.60. The van der Waals surface area contributed by atoms with Gasteiger partial charge in [0.1, 0.15) is 0 Å². The molecule has 0 aromatic heterocycles. The molecule has 1 saturated carbocycles. The molecule has 0 unspecified atom stereocenters. The molecule has 1 amide bonds. The summed E-state index contributed by atoms with van der Waals surface area (Å²) in [6.45, 7) is 7.13. The Morgan fingerprint density at radius 2 is 2.06 bits per heavy atom. The summed E-state index contributed by atoms with van der Waals surface area (Å²) >= 11 is 0. The van der Waals surface area contributed by atoms with Crippen molar-refractivity contribution in [2.75, 3.05) is 13.1 Å². The topological polar surface area (TPSA) is 79.5 Å². The van der Waals surface area contributed by atoms with Gasteiger partial charge in [-0.3, -0.25) is 9.79 Å². The summed E-state index contributed by atoms with van der Waals surface area (Å²) < 4.78 is 0. The van der Waals surface area contributed by atoms with Gasteiger partial charge in [0.25, 0.3) is 0 Å². The van der Waals surface area contributed by atoms with E-state index in [9.17, 15) is 4.79 Å². The van der Waals surface area contributed by atoms with E-state index in [0.717, 1.165) is 12.8 Å². The number of rotatable bonds is 4. The number of aliphatic imine (C=N–C) groups is 1. The molecule has 92 valence electrons. The molecule has 0 aromatic carbocycles. The third-order valence-electron chi connectivity index (χ3n) is 2.14. The molecule has 0 radical (unpaired) electrons. The highest BCUT2D eigenvalue weighted by Gasteiger charge is 2.28. The quantitative estimate of drug-likeness (QED) is 0.364. The van der Waals surface area contributed by atoms with Gasteiger partial charge < -0.3 is 16.4 Å². The summed E-state index contributed by atoms with van der Waals surface area (Å²) in [6.07, 6.45) is 2.06. The first-order chi connectivity index (χ1) is 7.38.